The predicted molar refractivity (Wildman–Crippen MR) is 126 cm³/mol. The van der Waals surface area contributed by atoms with Crippen LogP contribution in [0.1, 0.15) is 123 Å². The molecule has 1 atom stereocenters. The molecule has 0 bridgehead atoms. The van der Waals surface area contributed by atoms with Gasteiger partial charge in [0.05, 0.1) is 18.1 Å². The number of unbranched alkanes of at least 4 members (excludes halogenated alkanes) is 14. The molecule has 0 aromatic heterocycles. The number of β-amino-alcohol motifs (C(OH)–C–C–N with tert-alkyl or cyclic N) is 1. The summed E-state index contributed by atoms with van der Waals surface area (Å²) in [5.74, 6) is -1.25. The number of hydrogen-bond acceptors (Lipinski definition) is 5. The number of carboxylic acid groups (broad SMARTS) is 1. The van der Waals surface area contributed by atoms with E-state index < -0.39 is 11.5 Å². The van der Waals surface area contributed by atoms with Crippen LogP contribution in [0.15, 0.2) is 0 Å². The number of carbonyl (C=O) groups is 2. The van der Waals surface area contributed by atoms with Crippen LogP contribution in [-0.2, 0) is 9.59 Å². The van der Waals surface area contributed by atoms with E-state index in [0.717, 1.165) is 12.8 Å². The minimum atomic E-state index is -1.25. The van der Waals surface area contributed by atoms with Gasteiger partial charge in [-0.25, -0.2) is 0 Å². The van der Waals surface area contributed by atoms with Crippen molar-refractivity contribution in [2.24, 2.45) is 0 Å². The average Bonchev–Trinajstić information content (AvgIpc) is 2.74. The fraction of sp³-hybridized carbons (Fsp3) is 0.920. The van der Waals surface area contributed by atoms with Gasteiger partial charge in [-0.05, 0) is 19.8 Å². The second-order valence-corrected chi connectivity index (χ2v) is 9.07. The fourth-order valence-corrected chi connectivity index (χ4v) is 3.79. The van der Waals surface area contributed by atoms with Crippen LogP contribution in [0.5, 0.6) is 0 Å². The molecule has 0 saturated heterocycles. The minimum absolute atomic E-state index is 0. The monoisotopic (exact) mass is 464 g/mol. The molecule has 1 unspecified atom stereocenters. The first kappa shape index (κ1) is 34.0. The van der Waals surface area contributed by atoms with Crippen LogP contribution in [-0.4, -0.2) is 42.2 Å². The topological polar surface area (TPSA) is 101 Å². The molecule has 32 heavy (non-hydrogen) atoms. The summed E-state index contributed by atoms with van der Waals surface area (Å²) in [6, 6.07) is 0. The third-order valence-electron chi connectivity index (χ3n) is 6.03. The van der Waals surface area contributed by atoms with Crippen molar-refractivity contribution >= 4 is 11.9 Å². The Balaban J connectivity index is 0. The number of carboxylic acids is 1. The molecular formula is C25H49N2NaO4. The Morgan fingerprint density at radius 2 is 1.22 bits per heavy atom. The number of nitrogens with one attached hydrogen (secondary N) is 2. The molecule has 0 aliphatic rings. The number of rotatable bonds is 23. The molecular weight excluding hydrogens is 415 g/mol. The summed E-state index contributed by atoms with van der Waals surface area (Å²) in [6.07, 6.45) is 20.2. The van der Waals surface area contributed by atoms with E-state index in [0.29, 0.717) is 6.42 Å². The zero-order chi connectivity index (χ0) is 23.2. The Hall–Kier alpha value is -0.140. The largest absolute Gasteiger partial charge is 1.00 e. The molecule has 6 nitrogen and oxygen atoms in total. The van der Waals surface area contributed by atoms with Crippen molar-refractivity contribution in [3.63, 3.8) is 0 Å². The summed E-state index contributed by atoms with van der Waals surface area (Å²) in [6.45, 7) is 4.09. The number of aliphatic carboxylic acids is 1. The molecule has 0 aliphatic carbocycles. The Kier molecular flexibility index (Phi) is 25.5. The minimum Gasteiger partial charge on any atom is -0.548 e. The molecule has 1 amide bonds. The molecule has 0 saturated carbocycles. The van der Waals surface area contributed by atoms with E-state index in [2.05, 4.69) is 17.6 Å². The van der Waals surface area contributed by atoms with Crippen molar-refractivity contribution in [1.82, 2.24) is 10.6 Å². The van der Waals surface area contributed by atoms with Crippen LogP contribution in [0, 0.1) is 0 Å². The molecule has 3 N–H and O–H groups in total. The zero-order valence-electron chi connectivity index (χ0n) is 21.3. The van der Waals surface area contributed by atoms with E-state index in [9.17, 15) is 14.7 Å². The summed E-state index contributed by atoms with van der Waals surface area (Å²) < 4.78 is 0. The van der Waals surface area contributed by atoms with Crippen molar-refractivity contribution in [3.05, 3.63) is 0 Å². The van der Waals surface area contributed by atoms with Crippen LogP contribution < -0.4 is 45.3 Å². The Morgan fingerprint density at radius 3 is 1.62 bits per heavy atom. The van der Waals surface area contributed by atoms with Crippen molar-refractivity contribution in [2.45, 2.75) is 129 Å². The van der Waals surface area contributed by atoms with Crippen molar-refractivity contribution in [1.29, 1.82) is 0 Å². The molecule has 0 radical (unpaired) electrons. The van der Waals surface area contributed by atoms with Crippen LogP contribution in [0.2, 0.25) is 0 Å². The summed E-state index contributed by atoms with van der Waals surface area (Å²) in [7, 11) is 0. The molecule has 7 heteroatoms. The SMILES string of the molecule is CCCCCCCCCCCCCCCCCC(=O)NCCC(C)(NCCO)C(=O)[O-].[Na+]. The first-order valence-electron chi connectivity index (χ1n) is 12.8. The number of amides is 1. The summed E-state index contributed by atoms with van der Waals surface area (Å²) in [5, 5.41) is 25.6. The van der Waals surface area contributed by atoms with Crippen molar-refractivity contribution in [2.75, 3.05) is 19.7 Å². The molecule has 184 valence electrons. The van der Waals surface area contributed by atoms with E-state index in [4.69, 9.17) is 5.11 Å². The van der Waals surface area contributed by atoms with Gasteiger partial charge in [-0.3, -0.25) is 4.79 Å². The maximum atomic E-state index is 11.9. The number of aliphatic hydroxyl groups excluding tert-OH is 1. The van der Waals surface area contributed by atoms with Crippen LogP contribution in [0.25, 0.3) is 0 Å². The molecule has 0 aliphatic heterocycles. The quantitative estimate of drug-likeness (QED) is 0.154. The molecule has 0 aromatic carbocycles. The van der Waals surface area contributed by atoms with Crippen molar-refractivity contribution < 1.29 is 49.4 Å². The van der Waals surface area contributed by atoms with Crippen LogP contribution in [0.4, 0.5) is 0 Å². The second kappa shape index (κ2) is 24.0. The first-order chi connectivity index (χ1) is 15.0. The van der Waals surface area contributed by atoms with Gasteiger partial charge in [-0.15, -0.1) is 0 Å². The fourth-order valence-electron chi connectivity index (χ4n) is 3.79. The van der Waals surface area contributed by atoms with E-state index in [1.807, 2.05) is 0 Å². The van der Waals surface area contributed by atoms with E-state index >= 15 is 0 Å². The molecule has 0 spiro atoms. The van der Waals surface area contributed by atoms with Gasteiger partial charge in [-0.2, -0.15) is 0 Å². The van der Waals surface area contributed by atoms with Crippen LogP contribution in [0.3, 0.4) is 0 Å². The standard InChI is InChI=1S/C25H50N2O4.Na/c1-3-4-5-6-7-8-9-10-11-12-13-14-15-16-17-18-23(29)26-20-19-25(2,24(30)31)27-21-22-28;/h27-28H,3-22H2,1-2H3,(H,26,29)(H,30,31);/q;+1/p-1. The van der Waals surface area contributed by atoms with Gasteiger partial charge < -0.3 is 25.6 Å². The van der Waals surface area contributed by atoms with Gasteiger partial charge in [0.25, 0.3) is 0 Å². The van der Waals surface area contributed by atoms with Gasteiger partial charge in [0, 0.05) is 19.5 Å². The molecule has 0 aromatic rings. The van der Waals surface area contributed by atoms with E-state index in [1.54, 1.807) is 0 Å². The van der Waals surface area contributed by atoms with Gasteiger partial charge >= 0.3 is 29.6 Å². The normalized spacial score (nSPS) is 12.7. The van der Waals surface area contributed by atoms with Gasteiger partial charge in [0.1, 0.15) is 0 Å². The smallest absolute Gasteiger partial charge is 0.548 e. The Morgan fingerprint density at radius 1 is 0.781 bits per heavy atom. The number of hydrogen-bond donors (Lipinski definition) is 3. The summed E-state index contributed by atoms with van der Waals surface area (Å²) in [4.78, 5) is 23.2. The summed E-state index contributed by atoms with van der Waals surface area (Å²) >= 11 is 0. The van der Waals surface area contributed by atoms with Gasteiger partial charge in [0.2, 0.25) is 5.91 Å². The molecule has 0 fully saturated rings. The van der Waals surface area contributed by atoms with E-state index in [1.165, 1.54) is 90.4 Å². The second-order valence-electron chi connectivity index (χ2n) is 9.07. The van der Waals surface area contributed by atoms with Gasteiger partial charge in [0.15, 0.2) is 0 Å². The average molecular weight is 465 g/mol. The first-order valence-corrected chi connectivity index (χ1v) is 12.8. The molecule has 0 rings (SSSR count). The van der Waals surface area contributed by atoms with Crippen LogP contribution >= 0.6 is 0 Å². The Labute approximate surface area is 219 Å². The Bertz CT molecular complexity index is 452. The summed E-state index contributed by atoms with van der Waals surface area (Å²) in [5.41, 5.74) is -1.25. The third-order valence-corrected chi connectivity index (χ3v) is 6.03. The van der Waals surface area contributed by atoms with E-state index in [-0.39, 0.29) is 61.6 Å². The number of aliphatic hydroxyl groups is 1. The van der Waals surface area contributed by atoms with Crippen molar-refractivity contribution in [3.8, 4) is 0 Å². The predicted octanol–water partition coefficient (Wildman–Crippen LogP) is 0.849. The third kappa shape index (κ3) is 20.5. The molecule has 0 heterocycles. The maximum Gasteiger partial charge on any atom is 1.00 e. The maximum absolute atomic E-state index is 11.9. The number of carbonyl (C=O) groups excluding carboxylic acids is 2. The van der Waals surface area contributed by atoms with Gasteiger partial charge in [-0.1, -0.05) is 96.8 Å². The zero-order valence-corrected chi connectivity index (χ0v) is 23.3.